The second-order valence-corrected chi connectivity index (χ2v) is 6.46. The number of aromatic nitrogens is 1. The number of fused-ring (bicyclic) bond motifs is 1. The van der Waals surface area contributed by atoms with E-state index in [4.69, 9.17) is 16.7 Å². The maximum absolute atomic E-state index is 12.1. The van der Waals surface area contributed by atoms with Gasteiger partial charge in [0.05, 0.1) is 9.72 Å². The molecule has 8 nitrogen and oxygen atoms in total. The van der Waals surface area contributed by atoms with Gasteiger partial charge in [0.2, 0.25) is 0 Å². The number of quaternary nitrogens is 1. The van der Waals surface area contributed by atoms with Gasteiger partial charge in [-0.2, -0.15) is 4.48 Å². The molecule has 4 amide bonds. The Kier molecular flexibility index (Phi) is 3.63. The Bertz CT molecular complexity index is 880. The van der Waals surface area contributed by atoms with Crippen LogP contribution < -0.4 is 5.32 Å². The fourth-order valence-corrected chi connectivity index (χ4v) is 3.73. The lowest BCUT2D eigenvalue weighted by atomic mass is 10.3. The number of amides is 4. The fraction of sp³-hybridized carbons (Fsp3) is 0.154. The van der Waals surface area contributed by atoms with Gasteiger partial charge in [-0.05, 0) is 12.1 Å². The predicted octanol–water partition coefficient (Wildman–Crippen LogP) is 1.13. The molecule has 118 valence electrons. The van der Waals surface area contributed by atoms with Crippen LogP contribution in [-0.4, -0.2) is 44.9 Å². The van der Waals surface area contributed by atoms with Gasteiger partial charge in [-0.15, -0.1) is 11.3 Å². The van der Waals surface area contributed by atoms with Crippen LogP contribution >= 0.6 is 22.9 Å². The van der Waals surface area contributed by atoms with Crippen molar-refractivity contribution in [3.05, 3.63) is 28.2 Å². The van der Waals surface area contributed by atoms with E-state index in [9.17, 15) is 19.2 Å². The number of para-hydroxylation sites is 1. The van der Waals surface area contributed by atoms with Gasteiger partial charge in [0.1, 0.15) is 17.1 Å². The molecule has 0 aliphatic carbocycles. The zero-order valence-corrected chi connectivity index (χ0v) is 13.0. The van der Waals surface area contributed by atoms with E-state index in [2.05, 4.69) is 4.98 Å². The van der Waals surface area contributed by atoms with Crippen LogP contribution in [0.1, 0.15) is 5.01 Å². The molecule has 1 aromatic carbocycles. The first-order chi connectivity index (χ1) is 10.8. The first-order valence-corrected chi connectivity index (χ1v) is 7.56. The van der Waals surface area contributed by atoms with Crippen LogP contribution in [0.15, 0.2) is 18.2 Å². The molecule has 1 unspecified atom stereocenters. The van der Waals surface area contributed by atoms with Crippen molar-refractivity contribution in [2.75, 3.05) is 6.54 Å². The quantitative estimate of drug-likeness (QED) is 0.483. The lowest BCUT2D eigenvalue weighted by Crippen LogP contribution is -2.55. The van der Waals surface area contributed by atoms with E-state index < -0.39 is 34.8 Å². The highest BCUT2D eigenvalue weighted by Crippen LogP contribution is 2.30. The lowest BCUT2D eigenvalue weighted by molar-refractivity contribution is -0.772. The summed E-state index contributed by atoms with van der Waals surface area (Å²) in [5.41, 5.74) is 0.501. The van der Waals surface area contributed by atoms with Crippen LogP contribution in [0.25, 0.3) is 10.2 Å². The summed E-state index contributed by atoms with van der Waals surface area (Å²) in [7, 11) is 0. The van der Waals surface area contributed by atoms with Crippen molar-refractivity contribution in [3.63, 3.8) is 0 Å². The Morgan fingerprint density at radius 3 is 2.65 bits per heavy atom. The number of carbonyl (C=O) groups excluding carboxylic acids is 3. The number of benzene rings is 1. The van der Waals surface area contributed by atoms with Gasteiger partial charge in [0.15, 0.2) is 6.54 Å². The second kappa shape index (κ2) is 5.37. The molecule has 1 aromatic heterocycles. The van der Waals surface area contributed by atoms with Gasteiger partial charge in [0, 0.05) is 0 Å². The first kappa shape index (κ1) is 15.5. The molecule has 1 atom stereocenters. The summed E-state index contributed by atoms with van der Waals surface area (Å²) in [6, 6.07) is 4.17. The van der Waals surface area contributed by atoms with E-state index in [1.54, 1.807) is 18.2 Å². The van der Waals surface area contributed by atoms with Crippen LogP contribution in [-0.2, 0) is 20.9 Å². The minimum atomic E-state index is -1.37. The Labute approximate surface area is 137 Å². The van der Waals surface area contributed by atoms with Gasteiger partial charge in [0.25, 0.3) is 0 Å². The van der Waals surface area contributed by atoms with Crippen LogP contribution in [0.4, 0.5) is 4.79 Å². The lowest BCUT2D eigenvalue weighted by Gasteiger charge is -2.22. The zero-order valence-electron chi connectivity index (χ0n) is 11.4. The highest BCUT2D eigenvalue weighted by molar-refractivity contribution is 7.18. The average molecular weight is 355 g/mol. The van der Waals surface area contributed by atoms with E-state index >= 15 is 0 Å². The smallest absolute Gasteiger partial charge is 0.432 e. The molecule has 1 saturated heterocycles. The molecule has 1 aliphatic rings. The standard InChI is InChI=1S/C13H8ClN3O5S/c14-6-2-1-3-7-10(6)15-8(23-7)4-17(5-9(18)19)12(21)11(20)16-13(17)22/h1-3H,4-5H2,(H-,16,18,19,20,22)/p+1. The second-order valence-electron chi connectivity index (χ2n) is 4.94. The number of urea groups is 1. The molecule has 0 saturated carbocycles. The number of carboxylic acid groups (broad SMARTS) is 1. The monoisotopic (exact) mass is 354 g/mol. The number of carboxylic acids is 1. The normalized spacial score (nSPS) is 21.0. The number of carbonyl (C=O) groups is 4. The number of imide groups is 2. The van der Waals surface area contributed by atoms with Crippen molar-refractivity contribution in [2.24, 2.45) is 0 Å². The van der Waals surface area contributed by atoms with Crippen molar-refractivity contribution in [3.8, 4) is 0 Å². The van der Waals surface area contributed by atoms with E-state index in [0.29, 0.717) is 15.5 Å². The molecule has 0 spiro atoms. The molecule has 2 heterocycles. The van der Waals surface area contributed by atoms with Gasteiger partial charge in [-0.3, -0.25) is 4.79 Å². The number of aliphatic carboxylic acids is 1. The van der Waals surface area contributed by atoms with Crippen molar-refractivity contribution in [1.29, 1.82) is 0 Å². The van der Waals surface area contributed by atoms with Crippen molar-refractivity contribution < 1.29 is 28.8 Å². The molecule has 10 heteroatoms. The third-order valence-electron chi connectivity index (χ3n) is 3.42. The van der Waals surface area contributed by atoms with Gasteiger partial charge >= 0.3 is 23.8 Å². The Morgan fingerprint density at radius 2 is 2.09 bits per heavy atom. The predicted molar refractivity (Wildman–Crippen MR) is 79.6 cm³/mol. The zero-order chi connectivity index (χ0) is 16.8. The number of hydrogen-bond acceptors (Lipinski definition) is 6. The number of hydrogen-bond donors (Lipinski definition) is 2. The summed E-state index contributed by atoms with van der Waals surface area (Å²) in [6.45, 7) is -1.15. The topological polar surface area (TPSA) is 113 Å². The molecule has 1 aliphatic heterocycles. The van der Waals surface area contributed by atoms with Crippen LogP contribution in [0, 0.1) is 0 Å². The maximum atomic E-state index is 12.1. The summed E-state index contributed by atoms with van der Waals surface area (Å²) in [6.07, 6.45) is 0. The molecule has 1 fully saturated rings. The minimum absolute atomic E-state index is 0.321. The SMILES string of the molecule is O=C(O)C[N+]1(Cc2nc3c(Cl)cccc3s2)C(=O)NC(=O)C1=O. The van der Waals surface area contributed by atoms with E-state index in [-0.39, 0.29) is 6.54 Å². The Morgan fingerprint density at radius 1 is 1.35 bits per heavy atom. The number of rotatable bonds is 4. The third-order valence-corrected chi connectivity index (χ3v) is 4.73. The fourth-order valence-electron chi connectivity index (χ4n) is 2.38. The molecule has 0 bridgehead atoms. The molecule has 23 heavy (non-hydrogen) atoms. The van der Waals surface area contributed by atoms with E-state index in [0.717, 1.165) is 4.70 Å². The van der Waals surface area contributed by atoms with E-state index in [1.807, 2.05) is 5.32 Å². The number of nitrogens with zero attached hydrogens (tertiary/aromatic N) is 2. The number of halogens is 1. The van der Waals surface area contributed by atoms with Gasteiger partial charge < -0.3 is 5.11 Å². The Hall–Kier alpha value is -2.36. The van der Waals surface area contributed by atoms with Crippen LogP contribution in [0.3, 0.4) is 0 Å². The molecule has 2 aromatic rings. The molecule has 3 rings (SSSR count). The molecular weight excluding hydrogens is 346 g/mol. The minimum Gasteiger partial charge on any atom is -0.477 e. The first-order valence-electron chi connectivity index (χ1n) is 6.37. The van der Waals surface area contributed by atoms with Crippen LogP contribution in [0.5, 0.6) is 0 Å². The van der Waals surface area contributed by atoms with Crippen molar-refractivity contribution in [2.45, 2.75) is 6.54 Å². The number of thiazole rings is 1. The average Bonchev–Trinajstić information content (AvgIpc) is 2.96. The summed E-state index contributed by atoms with van der Waals surface area (Å²) in [5, 5.41) is 11.6. The third kappa shape index (κ3) is 2.48. The molecule has 0 radical (unpaired) electrons. The highest BCUT2D eigenvalue weighted by atomic mass is 35.5. The van der Waals surface area contributed by atoms with Crippen molar-refractivity contribution in [1.82, 2.24) is 10.3 Å². The van der Waals surface area contributed by atoms with Crippen LogP contribution in [0.2, 0.25) is 5.02 Å². The largest absolute Gasteiger partial charge is 0.477 e. The van der Waals surface area contributed by atoms with Gasteiger partial charge in [-0.1, -0.05) is 17.7 Å². The molecule has 2 N–H and O–H groups in total. The van der Waals surface area contributed by atoms with E-state index in [1.165, 1.54) is 11.3 Å². The van der Waals surface area contributed by atoms with Gasteiger partial charge in [-0.25, -0.2) is 24.7 Å². The summed E-state index contributed by atoms with van der Waals surface area (Å²) < 4.78 is -0.426. The highest BCUT2D eigenvalue weighted by Gasteiger charge is 2.57. The summed E-state index contributed by atoms with van der Waals surface area (Å²) >= 11 is 7.21. The summed E-state index contributed by atoms with van der Waals surface area (Å²) in [5.74, 6) is -3.60. The number of nitrogens with one attached hydrogen (secondary N) is 1. The van der Waals surface area contributed by atoms with Crippen molar-refractivity contribution >= 4 is 57.0 Å². The Balaban J connectivity index is 2.06. The maximum Gasteiger partial charge on any atom is 0.432 e. The molecular formula is C13H9ClN3O5S+. The summed E-state index contributed by atoms with van der Waals surface area (Å²) in [4.78, 5) is 50.9.